The lowest BCUT2D eigenvalue weighted by Gasteiger charge is -2.22. The largest absolute Gasteiger partial charge is 0.380 e. The van der Waals surface area contributed by atoms with Crippen molar-refractivity contribution in [2.24, 2.45) is 5.92 Å². The van der Waals surface area contributed by atoms with E-state index in [2.05, 4.69) is 33.4 Å². The van der Waals surface area contributed by atoms with E-state index in [0.717, 1.165) is 35.8 Å². The van der Waals surface area contributed by atoms with Crippen molar-refractivity contribution in [3.63, 3.8) is 0 Å². The fourth-order valence-electron chi connectivity index (χ4n) is 2.57. The quantitative estimate of drug-likeness (QED) is 0.831. The summed E-state index contributed by atoms with van der Waals surface area (Å²) in [5, 5.41) is 21.9. The lowest BCUT2D eigenvalue weighted by atomic mass is 9.96. The normalized spacial score (nSPS) is 22.9. The fourth-order valence-corrected chi connectivity index (χ4v) is 2.93. The lowest BCUT2D eigenvalue weighted by Crippen LogP contribution is -2.27. The van der Waals surface area contributed by atoms with Gasteiger partial charge in [-0.2, -0.15) is 10.5 Å². The van der Waals surface area contributed by atoms with E-state index in [-0.39, 0.29) is 12.0 Å². The van der Waals surface area contributed by atoms with E-state index >= 15 is 0 Å². The molecule has 0 aromatic heterocycles. The van der Waals surface area contributed by atoms with Gasteiger partial charge in [-0.3, -0.25) is 0 Å². The van der Waals surface area contributed by atoms with E-state index in [4.69, 9.17) is 0 Å². The van der Waals surface area contributed by atoms with E-state index < -0.39 is 0 Å². The smallest absolute Gasteiger partial charge is 0.101 e. The Hall–Kier alpha value is -1.52. The van der Waals surface area contributed by atoms with Gasteiger partial charge in [-0.15, -0.1) is 0 Å². The number of nitrogens with one attached hydrogen (secondary N) is 1. The van der Waals surface area contributed by atoms with Crippen LogP contribution in [0.2, 0.25) is 0 Å². The SMILES string of the molecule is N#Cc1cc(Br)ccc1NC1CCCCCC1C#N. The summed E-state index contributed by atoms with van der Waals surface area (Å²) in [5.74, 6) is 0.0395. The summed E-state index contributed by atoms with van der Waals surface area (Å²) in [6.45, 7) is 0. The van der Waals surface area contributed by atoms with Gasteiger partial charge in [-0.1, -0.05) is 35.2 Å². The first kappa shape index (κ1) is 13.9. The van der Waals surface area contributed by atoms with Crippen molar-refractivity contribution in [3.05, 3.63) is 28.2 Å². The summed E-state index contributed by atoms with van der Waals surface area (Å²) in [6.07, 6.45) is 5.42. The maximum atomic E-state index is 9.27. The van der Waals surface area contributed by atoms with Crippen LogP contribution in [-0.4, -0.2) is 6.04 Å². The van der Waals surface area contributed by atoms with Gasteiger partial charge < -0.3 is 5.32 Å². The van der Waals surface area contributed by atoms with Crippen LogP contribution in [0.5, 0.6) is 0 Å². The molecule has 2 atom stereocenters. The van der Waals surface area contributed by atoms with Gasteiger partial charge in [0.1, 0.15) is 6.07 Å². The van der Waals surface area contributed by atoms with E-state index in [0.29, 0.717) is 5.56 Å². The summed E-state index contributed by atoms with van der Waals surface area (Å²) in [4.78, 5) is 0. The van der Waals surface area contributed by atoms with Crippen molar-refractivity contribution >= 4 is 21.6 Å². The molecule has 3 nitrogen and oxygen atoms in total. The van der Waals surface area contributed by atoms with Crippen LogP contribution < -0.4 is 5.32 Å². The highest BCUT2D eigenvalue weighted by Gasteiger charge is 2.23. The molecule has 19 heavy (non-hydrogen) atoms. The topological polar surface area (TPSA) is 59.6 Å². The summed E-state index contributed by atoms with van der Waals surface area (Å²) < 4.78 is 0.896. The van der Waals surface area contributed by atoms with Gasteiger partial charge in [0, 0.05) is 10.5 Å². The Morgan fingerprint density at radius 3 is 2.68 bits per heavy atom. The average Bonchev–Trinajstić information content (AvgIpc) is 2.65. The maximum Gasteiger partial charge on any atom is 0.101 e. The van der Waals surface area contributed by atoms with E-state index in [1.807, 2.05) is 12.1 Å². The van der Waals surface area contributed by atoms with Crippen LogP contribution >= 0.6 is 15.9 Å². The second kappa shape index (κ2) is 6.59. The van der Waals surface area contributed by atoms with Gasteiger partial charge in [0.2, 0.25) is 0 Å². The minimum absolute atomic E-state index is 0.0395. The average molecular weight is 318 g/mol. The zero-order valence-corrected chi connectivity index (χ0v) is 12.3. The third-order valence-corrected chi connectivity index (χ3v) is 4.12. The van der Waals surface area contributed by atoms with Crippen LogP contribution in [0.15, 0.2) is 22.7 Å². The highest BCUT2D eigenvalue weighted by atomic mass is 79.9. The number of nitriles is 2. The molecule has 0 bridgehead atoms. The molecule has 2 unspecified atom stereocenters. The summed E-state index contributed by atoms with van der Waals surface area (Å²) in [7, 11) is 0. The van der Waals surface area contributed by atoms with Crippen molar-refractivity contribution in [1.82, 2.24) is 0 Å². The number of benzene rings is 1. The number of nitrogens with zero attached hydrogens (tertiary/aromatic N) is 2. The van der Waals surface area contributed by atoms with Gasteiger partial charge >= 0.3 is 0 Å². The molecule has 4 heteroatoms. The van der Waals surface area contributed by atoms with Gasteiger partial charge in [0.25, 0.3) is 0 Å². The molecule has 0 heterocycles. The van der Waals surface area contributed by atoms with E-state index in [1.54, 1.807) is 6.07 Å². The van der Waals surface area contributed by atoms with Crippen molar-refractivity contribution in [2.45, 2.75) is 38.1 Å². The van der Waals surface area contributed by atoms with Gasteiger partial charge in [0.15, 0.2) is 0 Å². The molecule has 0 radical (unpaired) electrons. The van der Waals surface area contributed by atoms with E-state index in [9.17, 15) is 10.5 Å². The number of rotatable bonds is 2. The van der Waals surface area contributed by atoms with Crippen LogP contribution in [0.1, 0.15) is 37.7 Å². The second-order valence-corrected chi connectivity index (χ2v) is 5.84. The Labute approximate surface area is 122 Å². The monoisotopic (exact) mass is 317 g/mol. The van der Waals surface area contributed by atoms with Crippen molar-refractivity contribution in [3.8, 4) is 12.1 Å². The van der Waals surface area contributed by atoms with Crippen LogP contribution in [0, 0.1) is 28.6 Å². The van der Waals surface area contributed by atoms with Gasteiger partial charge in [-0.25, -0.2) is 0 Å². The van der Waals surface area contributed by atoms with Crippen molar-refractivity contribution in [1.29, 1.82) is 10.5 Å². The Balaban J connectivity index is 2.19. The Morgan fingerprint density at radius 1 is 1.16 bits per heavy atom. The molecule has 1 aliphatic carbocycles. The maximum absolute atomic E-state index is 9.27. The molecule has 1 N–H and O–H groups in total. The summed E-state index contributed by atoms with van der Waals surface area (Å²) in [5.41, 5.74) is 1.45. The highest BCUT2D eigenvalue weighted by Crippen LogP contribution is 2.28. The van der Waals surface area contributed by atoms with Crippen LogP contribution in [0.3, 0.4) is 0 Å². The summed E-state index contributed by atoms with van der Waals surface area (Å²) in [6, 6.07) is 10.4. The van der Waals surface area contributed by atoms with E-state index in [1.165, 1.54) is 6.42 Å². The summed E-state index contributed by atoms with van der Waals surface area (Å²) >= 11 is 3.37. The Bertz CT molecular complexity index is 527. The molecule has 1 fully saturated rings. The molecule has 1 aromatic rings. The first-order valence-electron chi connectivity index (χ1n) is 6.60. The predicted molar refractivity (Wildman–Crippen MR) is 78.5 cm³/mol. The van der Waals surface area contributed by atoms with Gasteiger partial charge in [0.05, 0.1) is 23.2 Å². The minimum Gasteiger partial charge on any atom is -0.380 e. The Morgan fingerprint density at radius 2 is 1.95 bits per heavy atom. The Kier molecular flexibility index (Phi) is 4.82. The van der Waals surface area contributed by atoms with Crippen LogP contribution in [0.25, 0.3) is 0 Å². The predicted octanol–water partition coefficient (Wildman–Crippen LogP) is 4.21. The lowest BCUT2D eigenvalue weighted by molar-refractivity contribution is 0.514. The number of anilines is 1. The second-order valence-electron chi connectivity index (χ2n) is 4.93. The molecule has 0 aliphatic heterocycles. The molecule has 1 saturated carbocycles. The molecule has 0 amide bonds. The molecule has 1 aromatic carbocycles. The number of hydrogen-bond acceptors (Lipinski definition) is 3. The zero-order chi connectivity index (χ0) is 13.7. The molecule has 0 saturated heterocycles. The van der Waals surface area contributed by atoms with Crippen molar-refractivity contribution < 1.29 is 0 Å². The zero-order valence-electron chi connectivity index (χ0n) is 10.7. The number of hydrogen-bond donors (Lipinski definition) is 1. The molecule has 1 aliphatic rings. The third kappa shape index (κ3) is 3.49. The minimum atomic E-state index is 0.0395. The molecule has 98 valence electrons. The standard InChI is InChI=1S/C15H16BrN3/c16-13-6-7-15(12(8-13)10-18)19-14-5-3-1-2-4-11(14)9-17/h6-8,11,14,19H,1-5H2. The molecule has 0 spiro atoms. The highest BCUT2D eigenvalue weighted by molar-refractivity contribution is 9.10. The fraction of sp³-hybridized carbons (Fsp3) is 0.467. The van der Waals surface area contributed by atoms with Gasteiger partial charge in [-0.05, 0) is 31.0 Å². The number of halogens is 1. The third-order valence-electron chi connectivity index (χ3n) is 3.62. The van der Waals surface area contributed by atoms with Crippen LogP contribution in [0.4, 0.5) is 5.69 Å². The van der Waals surface area contributed by atoms with Crippen molar-refractivity contribution in [2.75, 3.05) is 5.32 Å². The molecular formula is C15H16BrN3. The molecular weight excluding hydrogens is 302 g/mol. The first-order valence-corrected chi connectivity index (χ1v) is 7.39. The first-order chi connectivity index (χ1) is 9.24. The van der Waals surface area contributed by atoms with Crippen LogP contribution in [-0.2, 0) is 0 Å². The molecule has 2 rings (SSSR count).